The van der Waals surface area contributed by atoms with Crippen LogP contribution in [0.1, 0.15) is 108 Å². The molecular weight excluding hydrogens is 352 g/mol. The number of fused-ring (bicyclic) bond motifs is 5. The highest BCUT2D eigenvalue weighted by Gasteiger charge is 2.58. The standard InChI is InChI=1S/C28H42O/c1-4-28-21-15-22-12-7-8-13-23(22)24(28)16-20-27(19-11-14-25(27)28)18-10-6-5-9-17-26(2,3)29/h4,7-8,12-13,24-25,29H,1,5-6,9-11,14-21H2,2-3H3/t24-,25-,27-,28-/m1/s1. The summed E-state index contributed by atoms with van der Waals surface area (Å²) in [6, 6.07) is 9.26. The van der Waals surface area contributed by atoms with Crippen molar-refractivity contribution in [2.45, 2.75) is 109 Å². The van der Waals surface area contributed by atoms with Crippen molar-refractivity contribution in [1.82, 2.24) is 0 Å². The van der Waals surface area contributed by atoms with Crippen molar-refractivity contribution in [2.24, 2.45) is 16.7 Å². The van der Waals surface area contributed by atoms with E-state index in [1.807, 2.05) is 13.8 Å². The molecule has 0 spiro atoms. The summed E-state index contributed by atoms with van der Waals surface area (Å²) in [6.45, 7) is 8.31. The van der Waals surface area contributed by atoms with Gasteiger partial charge in [-0.3, -0.25) is 0 Å². The van der Waals surface area contributed by atoms with Crippen LogP contribution in [0.5, 0.6) is 0 Å². The van der Waals surface area contributed by atoms with Gasteiger partial charge in [0, 0.05) is 0 Å². The van der Waals surface area contributed by atoms with Crippen LogP contribution in [0.2, 0.25) is 0 Å². The molecule has 1 aromatic carbocycles. The van der Waals surface area contributed by atoms with Gasteiger partial charge in [0.05, 0.1) is 5.60 Å². The third-order valence-corrected chi connectivity index (χ3v) is 8.99. The van der Waals surface area contributed by atoms with Gasteiger partial charge in [0.25, 0.3) is 0 Å². The number of aliphatic hydroxyl groups is 1. The molecule has 0 aromatic heterocycles. The van der Waals surface area contributed by atoms with Crippen LogP contribution >= 0.6 is 0 Å². The fraction of sp³-hybridized carbons (Fsp3) is 0.714. The smallest absolute Gasteiger partial charge is 0.0591 e. The zero-order valence-electron chi connectivity index (χ0n) is 18.9. The average molecular weight is 395 g/mol. The molecule has 0 saturated heterocycles. The monoisotopic (exact) mass is 394 g/mol. The van der Waals surface area contributed by atoms with Crippen molar-refractivity contribution in [2.75, 3.05) is 0 Å². The van der Waals surface area contributed by atoms with Gasteiger partial charge in [0.2, 0.25) is 0 Å². The minimum absolute atomic E-state index is 0.337. The van der Waals surface area contributed by atoms with Crippen molar-refractivity contribution < 1.29 is 5.11 Å². The van der Waals surface area contributed by atoms with Crippen molar-refractivity contribution >= 4 is 0 Å². The first-order valence-corrected chi connectivity index (χ1v) is 12.3. The normalized spacial score (nSPS) is 33.6. The van der Waals surface area contributed by atoms with Crippen LogP contribution in [0.4, 0.5) is 0 Å². The van der Waals surface area contributed by atoms with E-state index in [4.69, 9.17) is 0 Å². The third-order valence-electron chi connectivity index (χ3n) is 8.99. The molecule has 160 valence electrons. The Morgan fingerprint density at radius 3 is 2.66 bits per heavy atom. The molecule has 3 aliphatic carbocycles. The first-order valence-electron chi connectivity index (χ1n) is 12.3. The van der Waals surface area contributed by atoms with Gasteiger partial charge in [0.1, 0.15) is 0 Å². The average Bonchev–Trinajstić information content (AvgIpc) is 3.14. The van der Waals surface area contributed by atoms with Crippen LogP contribution in [0.3, 0.4) is 0 Å². The Morgan fingerprint density at radius 2 is 1.86 bits per heavy atom. The lowest BCUT2D eigenvalue weighted by molar-refractivity contribution is -0.0145. The van der Waals surface area contributed by atoms with Crippen molar-refractivity contribution in [3.05, 3.63) is 48.0 Å². The summed E-state index contributed by atoms with van der Waals surface area (Å²) in [5.74, 6) is 1.55. The molecule has 0 unspecified atom stereocenters. The van der Waals surface area contributed by atoms with Crippen molar-refractivity contribution in [3.8, 4) is 0 Å². The van der Waals surface area contributed by atoms with Gasteiger partial charge in [0.15, 0.2) is 0 Å². The van der Waals surface area contributed by atoms with Gasteiger partial charge in [-0.05, 0) is 99.0 Å². The quantitative estimate of drug-likeness (QED) is 0.356. The number of hydrogen-bond acceptors (Lipinski definition) is 1. The molecule has 1 N–H and O–H groups in total. The molecule has 0 amide bonds. The maximum Gasteiger partial charge on any atom is 0.0591 e. The van der Waals surface area contributed by atoms with E-state index in [0.717, 1.165) is 18.8 Å². The number of benzene rings is 1. The molecule has 1 heteroatoms. The molecule has 4 rings (SSSR count). The van der Waals surface area contributed by atoms with E-state index >= 15 is 0 Å². The van der Waals surface area contributed by atoms with Crippen LogP contribution in [-0.2, 0) is 6.42 Å². The van der Waals surface area contributed by atoms with Crippen molar-refractivity contribution in [3.63, 3.8) is 0 Å². The van der Waals surface area contributed by atoms with Crippen molar-refractivity contribution in [1.29, 1.82) is 0 Å². The van der Waals surface area contributed by atoms with Crippen LogP contribution in [0.25, 0.3) is 0 Å². The van der Waals surface area contributed by atoms with E-state index in [1.165, 1.54) is 70.6 Å². The zero-order valence-corrected chi connectivity index (χ0v) is 18.9. The number of aryl methyl sites for hydroxylation is 1. The van der Waals surface area contributed by atoms with Gasteiger partial charge in [-0.1, -0.05) is 62.4 Å². The summed E-state index contributed by atoms with van der Waals surface area (Å²) in [5, 5.41) is 9.93. The highest BCUT2D eigenvalue weighted by atomic mass is 16.3. The Bertz CT molecular complexity index is 713. The fourth-order valence-corrected chi connectivity index (χ4v) is 7.67. The van der Waals surface area contributed by atoms with E-state index < -0.39 is 5.60 Å². The van der Waals surface area contributed by atoms with E-state index in [2.05, 4.69) is 36.9 Å². The van der Waals surface area contributed by atoms with E-state index in [0.29, 0.717) is 16.7 Å². The highest BCUT2D eigenvalue weighted by molar-refractivity contribution is 5.38. The fourth-order valence-electron chi connectivity index (χ4n) is 7.67. The lowest BCUT2D eigenvalue weighted by Gasteiger charge is -2.58. The van der Waals surface area contributed by atoms with Gasteiger partial charge in [-0.15, -0.1) is 6.58 Å². The zero-order chi connectivity index (χ0) is 20.5. The van der Waals surface area contributed by atoms with Crippen LogP contribution < -0.4 is 0 Å². The maximum absolute atomic E-state index is 9.93. The molecule has 0 aliphatic heterocycles. The van der Waals surface area contributed by atoms with E-state index in [-0.39, 0.29) is 0 Å². The van der Waals surface area contributed by atoms with Crippen LogP contribution in [-0.4, -0.2) is 10.7 Å². The van der Waals surface area contributed by atoms with Gasteiger partial charge in [-0.2, -0.15) is 0 Å². The Balaban J connectivity index is 1.44. The molecular formula is C28H42O. The highest BCUT2D eigenvalue weighted by Crippen LogP contribution is 2.68. The first kappa shape index (κ1) is 21.2. The topological polar surface area (TPSA) is 20.2 Å². The molecule has 1 nitrogen and oxygen atoms in total. The third kappa shape index (κ3) is 3.97. The second-order valence-electron chi connectivity index (χ2n) is 11.1. The second kappa shape index (κ2) is 8.22. The summed E-state index contributed by atoms with van der Waals surface area (Å²) in [6.07, 6.45) is 19.5. The molecule has 2 fully saturated rings. The lowest BCUT2D eigenvalue weighted by atomic mass is 9.46. The molecule has 2 saturated carbocycles. The van der Waals surface area contributed by atoms with E-state index in [1.54, 1.807) is 11.1 Å². The van der Waals surface area contributed by atoms with E-state index in [9.17, 15) is 5.11 Å². The number of unbranched alkanes of at least 4 members (excludes halogenated alkanes) is 3. The predicted molar refractivity (Wildman–Crippen MR) is 123 cm³/mol. The summed E-state index contributed by atoms with van der Waals surface area (Å²) in [7, 11) is 0. The Hall–Kier alpha value is -1.08. The second-order valence-corrected chi connectivity index (χ2v) is 11.1. The molecule has 29 heavy (non-hydrogen) atoms. The number of hydrogen-bond donors (Lipinski definition) is 1. The molecule has 4 atom stereocenters. The Kier molecular flexibility index (Phi) is 6.00. The number of rotatable bonds is 8. The molecule has 0 heterocycles. The van der Waals surface area contributed by atoms with Gasteiger partial charge >= 0.3 is 0 Å². The summed E-state index contributed by atoms with van der Waals surface area (Å²) < 4.78 is 0. The summed E-state index contributed by atoms with van der Waals surface area (Å²) >= 11 is 0. The molecule has 0 radical (unpaired) electrons. The molecule has 1 aromatic rings. The lowest BCUT2D eigenvalue weighted by Crippen LogP contribution is -2.49. The SMILES string of the molecule is C=C[C@@]12CCc3ccccc3[C@H]1CC[C@@]1(CCCCCCC(C)(C)O)CCC[C@H]12. The predicted octanol–water partition coefficient (Wildman–Crippen LogP) is 7.58. The van der Waals surface area contributed by atoms with Gasteiger partial charge < -0.3 is 5.11 Å². The van der Waals surface area contributed by atoms with Gasteiger partial charge in [-0.25, -0.2) is 0 Å². The molecule has 0 bridgehead atoms. The van der Waals surface area contributed by atoms with Crippen LogP contribution in [0, 0.1) is 16.7 Å². The largest absolute Gasteiger partial charge is 0.390 e. The molecule has 3 aliphatic rings. The minimum Gasteiger partial charge on any atom is -0.390 e. The first-order chi connectivity index (χ1) is 13.9. The Labute approximate surface area is 179 Å². The Morgan fingerprint density at radius 1 is 1.07 bits per heavy atom. The maximum atomic E-state index is 9.93. The number of allylic oxidation sites excluding steroid dienone is 1. The summed E-state index contributed by atoms with van der Waals surface area (Å²) in [5.41, 5.74) is 3.66. The van der Waals surface area contributed by atoms with Crippen LogP contribution in [0.15, 0.2) is 36.9 Å². The summed E-state index contributed by atoms with van der Waals surface area (Å²) in [4.78, 5) is 0. The minimum atomic E-state index is -0.499.